The Balaban J connectivity index is 1.74. The lowest BCUT2D eigenvalue weighted by atomic mass is 10.1. The highest BCUT2D eigenvalue weighted by Crippen LogP contribution is 2.33. The summed E-state index contributed by atoms with van der Waals surface area (Å²) in [6, 6.07) is 1.80. The molecule has 22 heavy (non-hydrogen) atoms. The summed E-state index contributed by atoms with van der Waals surface area (Å²) in [5, 5.41) is 9.53. The van der Waals surface area contributed by atoms with E-state index in [1.54, 1.807) is 12.3 Å². The molecule has 1 unspecified atom stereocenters. The second-order valence-corrected chi connectivity index (χ2v) is 7.22. The van der Waals surface area contributed by atoms with Crippen LogP contribution < -0.4 is 0 Å². The number of thioether (sulfide) groups is 1. The van der Waals surface area contributed by atoms with Gasteiger partial charge in [-0.1, -0.05) is 37.2 Å². The average Bonchev–Trinajstić information content (AvgIpc) is 3.03. The van der Waals surface area contributed by atoms with Gasteiger partial charge in [-0.05, 0) is 18.9 Å². The van der Waals surface area contributed by atoms with Crippen molar-refractivity contribution in [3.05, 3.63) is 29.1 Å². The van der Waals surface area contributed by atoms with E-state index in [1.165, 1.54) is 11.8 Å². The van der Waals surface area contributed by atoms with Crippen LogP contribution in [-0.2, 0) is 6.42 Å². The number of hydrogen-bond donors (Lipinski definition) is 1. The molecule has 0 aliphatic heterocycles. The van der Waals surface area contributed by atoms with Crippen molar-refractivity contribution in [3.63, 3.8) is 0 Å². The average molecular weight is 338 g/mol. The second-order valence-electron chi connectivity index (χ2n) is 5.46. The van der Waals surface area contributed by atoms with Gasteiger partial charge in [-0.2, -0.15) is 0 Å². The van der Waals surface area contributed by atoms with Gasteiger partial charge >= 0.3 is 0 Å². The van der Waals surface area contributed by atoms with Crippen LogP contribution in [0.2, 0.25) is 5.02 Å². The summed E-state index contributed by atoms with van der Waals surface area (Å²) in [5.74, 6) is 1.77. The molecule has 3 rings (SSSR count). The first-order valence-electron chi connectivity index (χ1n) is 7.01. The number of aromatic nitrogens is 5. The van der Waals surface area contributed by atoms with Crippen LogP contribution in [0.4, 0.5) is 0 Å². The number of hydrogen-bond acceptors (Lipinski definition) is 6. The molecular formula is C14H16ClN5OS. The fraction of sp³-hybridized carbons (Fsp3) is 0.429. The first kappa shape index (κ1) is 15.3. The Labute approximate surface area is 137 Å². The highest BCUT2D eigenvalue weighted by atomic mass is 35.5. The minimum absolute atomic E-state index is 0.00412. The van der Waals surface area contributed by atoms with Crippen molar-refractivity contribution in [3.8, 4) is 0 Å². The monoisotopic (exact) mass is 337 g/mol. The van der Waals surface area contributed by atoms with Gasteiger partial charge in [0.05, 0.1) is 15.8 Å². The normalized spacial score (nSPS) is 13.1. The van der Waals surface area contributed by atoms with Crippen LogP contribution >= 0.6 is 23.4 Å². The highest BCUT2D eigenvalue weighted by molar-refractivity contribution is 7.99. The van der Waals surface area contributed by atoms with Gasteiger partial charge in [0.15, 0.2) is 10.8 Å². The quantitative estimate of drug-likeness (QED) is 0.707. The molecule has 0 saturated carbocycles. The molecule has 3 heterocycles. The van der Waals surface area contributed by atoms with E-state index in [1.807, 2.05) is 6.92 Å². The molecule has 6 nitrogen and oxygen atoms in total. The SMILES string of the molecule is CC(C)Cc1nnc(C(C)Sc2nc3ncc(Cl)cc3[nH]2)o1. The molecule has 116 valence electrons. The lowest BCUT2D eigenvalue weighted by molar-refractivity contribution is 0.426. The van der Waals surface area contributed by atoms with E-state index >= 15 is 0 Å². The zero-order valence-corrected chi connectivity index (χ0v) is 14.1. The van der Waals surface area contributed by atoms with Crippen molar-refractivity contribution in [2.75, 3.05) is 0 Å². The molecule has 0 aliphatic carbocycles. The maximum atomic E-state index is 5.92. The molecule has 0 radical (unpaired) electrons. The molecule has 0 spiro atoms. The first-order valence-corrected chi connectivity index (χ1v) is 8.27. The van der Waals surface area contributed by atoms with Crippen molar-refractivity contribution in [1.29, 1.82) is 0 Å². The molecular weight excluding hydrogens is 322 g/mol. The highest BCUT2D eigenvalue weighted by Gasteiger charge is 2.18. The summed E-state index contributed by atoms with van der Waals surface area (Å²) in [5.41, 5.74) is 1.46. The van der Waals surface area contributed by atoms with Gasteiger partial charge in [0, 0.05) is 12.6 Å². The van der Waals surface area contributed by atoms with E-state index in [2.05, 4.69) is 39.0 Å². The zero-order valence-electron chi connectivity index (χ0n) is 12.5. The number of pyridine rings is 1. The second kappa shape index (κ2) is 6.26. The van der Waals surface area contributed by atoms with Crippen molar-refractivity contribution < 1.29 is 4.42 Å². The summed E-state index contributed by atoms with van der Waals surface area (Å²) in [6.45, 7) is 6.24. The zero-order chi connectivity index (χ0) is 15.7. The number of nitrogens with one attached hydrogen (secondary N) is 1. The van der Waals surface area contributed by atoms with Gasteiger partial charge < -0.3 is 9.40 Å². The van der Waals surface area contributed by atoms with Crippen molar-refractivity contribution in [2.24, 2.45) is 5.92 Å². The number of H-pyrrole nitrogens is 1. The van der Waals surface area contributed by atoms with E-state index in [0.717, 1.165) is 17.1 Å². The summed E-state index contributed by atoms with van der Waals surface area (Å²) in [4.78, 5) is 11.8. The Morgan fingerprint density at radius 2 is 2.14 bits per heavy atom. The Morgan fingerprint density at radius 3 is 2.91 bits per heavy atom. The van der Waals surface area contributed by atoms with Crippen LogP contribution in [0.25, 0.3) is 11.2 Å². The van der Waals surface area contributed by atoms with Crippen molar-refractivity contribution in [1.82, 2.24) is 25.1 Å². The maximum Gasteiger partial charge on any atom is 0.229 e. The topological polar surface area (TPSA) is 80.5 Å². The van der Waals surface area contributed by atoms with E-state index < -0.39 is 0 Å². The van der Waals surface area contributed by atoms with Gasteiger partial charge in [-0.3, -0.25) is 0 Å². The van der Waals surface area contributed by atoms with E-state index in [-0.39, 0.29) is 5.25 Å². The largest absolute Gasteiger partial charge is 0.424 e. The molecule has 0 amide bonds. The number of imidazole rings is 1. The number of halogens is 1. The first-order chi connectivity index (χ1) is 10.5. The Bertz CT molecular complexity index is 784. The summed E-state index contributed by atoms with van der Waals surface area (Å²) in [7, 11) is 0. The van der Waals surface area contributed by atoms with Crippen LogP contribution in [0.3, 0.4) is 0 Å². The number of fused-ring (bicyclic) bond motifs is 1. The number of nitrogens with zero attached hydrogens (tertiary/aromatic N) is 4. The van der Waals surface area contributed by atoms with Crippen LogP contribution in [0.5, 0.6) is 0 Å². The molecule has 0 fully saturated rings. The molecule has 0 aliphatic rings. The Kier molecular flexibility index (Phi) is 4.35. The molecule has 0 bridgehead atoms. The smallest absolute Gasteiger partial charge is 0.229 e. The maximum absolute atomic E-state index is 5.92. The molecule has 0 aromatic carbocycles. The molecule has 0 saturated heterocycles. The predicted octanol–water partition coefficient (Wildman–Crippen LogP) is 4.05. The van der Waals surface area contributed by atoms with Crippen LogP contribution in [0.1, 0.15) is 37.8 Å². The lowest BCUT2D eigenvalue weighted by Gasteiger charge is -2.03. The molecule has 8 heteroatoms. The standard InChI is InChI=1S/C14H16ClN5OS/c1-7(2)4-11-19-20-13(21-11)8(3)22-14-17-10-5-9(15)6-16-12(10)18-14/h5-8H,4H2,1-3H3,(H,16,17,18). The number of aromatic amines is 1. The number of rotatable bonds is 5. The Morgan fingerprint density at radius 1 is 1.32 bits per heavy atom. The summed E-state index contributed by atoms with van der Waals surface area (Å²) < 4.78 is 5.70. The molecule has 3 aromatic heterocycles. The minimum atomic E-state index is 0.00412. The summed E-state index contributed by atoms with van der Waals surface area (Å²) >= 11 is 7.44. The third-order valence-corrected chi connectivity index (χ3v) is 4.16. The third-order valence-electron chi connectivity index (χ3n) is 2.98. The fourth-order valence-electron chi connectivity index (χ4n) is 1.99. The van der Waals surface area contributed by atoms with E-state index in [0.29, 0.717) is 28.4 Å². The lowest BCUT2D eigenvalue weighted by Crippen LogP contribution is -1.93. The van der Waals surface area contributed by atoms with Crippen LogP contribution in [-0.4, -0.2) is 25.1 Å². The van der Waals surface area contributed by atoms with Crippen LogP contribution in [0.15, 0.2) is 21.8 Å². The minimum Gasteiger partial charge on any atom is -0.424 e. The predicted molar refractivity (Wildman–Crippen MR) is 86.0 cm³/mol. The molecule has 3 aromatic rings. The van der Waals surface area contributed by atoms with Crippen molar-refractivity contribution >= 4 is 34.5 Å². The third kappa shape index (κ3) is 3.41. The summed E-state index contributed by atoms with van der Waals surface area (Å²) in [6.07, 6.45) is 2.37. The van der Waals surface area contributed by atoms with Gasteiger partial charge in [0.1, 0.15) is 0 Å². The Hall–Kier alpha value is -1.60. The molecule has 1 N–H and O–H groups in total. The van der Waals surface area contributed by atoms with Gasteiger partial charge in [-0.25, -0.2) is 9.97 Å². The fourth-order valence-corrected chi connectivity index (χ4v) is 2.99. The van der Waals surface area contributed by atoms with Crippen LogP contribution in [0, 0.1) is 5.92 Å². The van der Waals surface area contributed by atoms with Gasteiger partial charge in [-0.15, -0.1) is 10.2 Å². The van der Waals surface area contributed by atoms with Gasteiger partial charge in [0.25, 0.3) is 0 Å². The van der Waals surface area contributed by atoms with Gasteiger partial charge in [0.2, 0.25) is 11.8 Å². The van der Waals surface area contributed by atoms with E-state index in [9.17, 15) is 0 Å². The van der Waals surface area contributed by atoms with Crippen molar-refractivity contribution in [2.45, 2.75) is 37.6 Å². The van der Waals surface area contributed by atoms with E-state index in [4.69, 9.17) is 16.0 Å². The molecule has 1 atom stereocenters.